The molecule has 1 aliphatic rings. The maximum Gasteiger partial charge on any atom is 0.136 e. The largest absolute Gasteiger partial charge is 0.329 e. The first-order chi connectivity index (χ1) is 10.5. The highest BCUT2D eigenvalue weighted by Crippen LogP contribution is 2.39. The molecule has 1 aliphatic carbocycles. The molecule has 4 nitrogen and oxygen atoms in total. The molecule has 0 spiro atoms. The van der Waals surface area contributed by atoms with Gasteiger partial charge in [0.2, 0.25) is 0 Å². The number of hydrogen-bond donors (Lipinski definition) is 2. The third-order valence-electron chi connectivity index (χ3n) is 5.22. The van der Waals surface area contributed by atoms with E-state index in [2.05, 4.69) is 25.7 Å². The summed E-state index contributed by atoms with van der Waals surface area (Å²) in [6.07, 6.45) is 5.26. The first kappa shape index (κ1) is 19.6. The number of nitrogens with two attached hydrogens (primary N) is 2. The van der Waals surface area contributed by atoms with Gasteiger partial charge in [0.25, 0.3) is 0 Å². The molecule has 1 fully saturated rings. The molecule has 0 aliphatic heterocycles. The Kier molecular flexibility index (Phi) is 9.22. The van der Waals surface area contributed by atoms with E-state index in [1.165, 1.54) is 12.8 Å². The van der Waals surface area contributed by atoms with Crippen molar-refractivity contribution in [1.29, 1.82) is 0 Å². The van der Waals surface area contributed by atoms with Gasteiger partial charge in [-0.1, -0.05) is 27.2 Å². The Labute approximate surface area is 137 Å². The lowest BCUT2D eigenvalue weighted by atomic mass is 9.68. The molecule has 22 heavy (non-hydrogen) atoms. The van der Waals surface area contributed by atoms with Gasteiger partial charge in [0.15, 0.2) is 0 Å². The van der Waals surface area contributed by atoms with E-state index in [4.69, 9.17) is 11.5 Å². The summed E-state index contributed by atoms with van der Waals surface area (Å²) >= 11 is 0. The molecule has 0 aromatic rings. The number of hydrogen-bond acceptors (Lipinski definition) is 4. The van der Waals surface area contributed by atoms with Gasteiger partial charge in [-0.25, -0.2) is 0 Å². The van der Waals surface area contributed by atoms with Crippen molar-refractivity contribution in [3.8, 4) is 0 Å². The molecule has 0 aromatic carbocycles. The minimum Gasteiger partial charge on any atom is -0.329 e. The summed E-state index contributed by atoms with van der Waals surface area (Å²) in [5, 5.41) is 0. The highest BCUT2D eigenvalue weighted by atomic mass is 16.1. The van der Waals surface area contributed by atoms with Crippen molar-refractivity contribution < 1.29 is 4.79 Å². The zero-order valence-electron chi connectivity index (χ0n) is 14.9. The van der Waals surface area contributed by atoms with E-state index in [-0.39, 0.29) is 0 Å². The maximum absolute atomic E-state index is 12.7. The fraction of sp³-hybridized carbons (Fsp3) is 0.944. The minimum atomic E-state index is 0.293. The van der Waals surface area contributed by atoms with Crippen molar-refractivity contribution in [2.45, 2.75) is 52.9 Å². The highest BCUT2D eigenvalue weighted by Gasteiger charge is 2.34. The Balaban J connectivity index is 2.44. The van der Waals surface area contributed by atoms with Crippen LogP contribution >= 0.6 is 0 Å². The van der Waals surface area contributed by atoms with E-state index in [1.807, 2.05) is 0 Å². The van der Waals surface area contributed by atoms with Crippen molar-refractivity contribution in [2.75, 3.05) is 32.7 Å². The summed E-state index contributed by atoms with van der Waals surface area (Å²) in [6.45, 7) is 10.8. The molecule has 4 heteroatoms. The number of carbonyl (C=O) groups is 1. The van der Waals surface area contributed by atoms with Crippen molar-refractivity contribution in [2.24, 2.45) is 35.1 Å². The second-order valence-corrected chi connectivity index (χ2v) is 7.42. The Morgan fingerprint density at radius 3 is 2.32 bits per heavy atom. The Hall–Kier alpha value is -0.450. The van der Waals surface area contributed by atoms with Crippen LogP contribution in [0.3, 0.4) is 0 Å². The van der Waals surface area contributed by atoms with E-state index < -0.39 is 0 Å². The molecule has 0 amide bonds. The summed E-state index contributed by atoms with van der Waals surface area (Å²) in [4.78, 5) is 15.0. The van der Waals surface area contributed by atoms with Gasteiger partial charge in [-0.05, 0) is 43.6 Å². The summed E-state index contributed by atoms with van der Waals surface area (Å²) in [6, 6.07) is 0. The molecule has 0 aromatic heterocycles. The molecule has 0 saturated heterocycles. The molecule has 3 atom stereocenters. The van der Waals surface area contributed by atoms with Crippen molar-refractivity contribution in [1.82, 2.24) is 4.90 Å². The topological polar surface area (TPSA) is 72.3 Å². The van der Waals surface area contributed by atoms with Gasteiger partial charge in [-0.2, -0.15) is 0 Å². The van der Waals surface area contributed by atoms with Gasteiger partial charge >= 0.3 is 0 Å². The van der Waals surface area contributed by atoms with Crippen molar-refractivity contribution in [3.63, 3.8) is 0 Å². The van der Waals surface area contributed by atoms with Gasteiger partial charge in [0.05, 0.1) is 0 Å². The zero-order chi connectivity index (χ0) is 16.5. The number of Topliss-reactive ketones (excluding diaryl/α,β-unsaturated/α-hetero) is 1. The molecule has 130 valence electrons. The van der Waals surface area contributed by atoms with Crippen LogP contribution in [0.25, 0.3) is 0 Å². The second-order valence-electron chi connectivity index (χ2n) is 7.42. The number of rotatable bonds is 10. The minimum absolute atomic E-state index is 0.293. The zero-order valence-corrected chi connectivity index (χ0v) is 14.9. The number of nitrogens with zero attached hydrogens (tertiary/aromatic N) is 1. The summed E-state index contributed by atoms with van der Waals surface area (Å²) in [5.41, 5.74) is 11.3. The Morgan fingerprint density at radius 1 is 1.14 bits per heavy atom. The predicted molar refractivity (Wildman–Crippen MR) is 93.6 cm³/mol. The standard InChI is InChI=1S/C18H37N3O/c1-14(2)16-7-6-15(3)13-17(16)18(22)5-4-10-21(11-8-19)12-9-20/h14-17H,4-13,19-20H2,1-3H3/t15-,16+,17-/m1/s1. The quantitative estimate of drug-likeness (QED) is 0.649. The van der Waals surface area contributed by atoms with E-state index >= 15 is 0 Å². The predicted octanol–water partition coefficient (Wildman–Crippen LogP) is 2.26. The molecule has 0 radical (unpaired) electrons. The molecule has 1 rings (SSSR count). The Bertz CT molecular complexity index is 313. The van der Waals surface area contributed by atoms with Gasteiger partial charge in [0.1, 0.15) is 5.78 Å². The lowest BCUT2D eigenvalue weighted by Gasteiger charge is -2.36. The van der Waals surface area contributed by atoms with E-state index in [1.54, 1.807) is 0 Å². The lowest BCUT2D eigenvalue weighted by molar-refractivity contribution is -0.127. The van der Waals surface area contributed by atoms with Crippen LogP contribution in [0.4, 0.5) is 0 Å². The summed E-state index contributed by atoms with van der Waals surface area (Å²) < 4.78 is 0. The summed E-state index contributed by atoms with van der Waals surface area (Å²) in [7, 11) is 0. The van der Waals surface area contributed by atoms with Crippen LogP contribution in [0, 0.1) is 23.7 Å². The summed E-state index contributed by atoms with van der Waals surface area (Å²) in [5.74, 6) is 2.70. The Morgan fingerprint density at radius 2 is 1.77 bits per heavy atom. The SMILES string of the molecule is CC(C)[C@@H]1CC[C@@H](C)C[C@H]1C(=O)CCCN(CCN)CCN. The molecule has 0 unspecified atom stereocenters. The highest BCUT2D eigenvalue weighted by molar-refractivity contribution is 5.81. The molecular weight excluding hydrogens is 274 g/mol. The van der Waals surface area contributed by atoms with E-state index in [0.717, 1.165) is 32.5 Å². The fourth-order valence-electron chi connectivity index (χ4n) is 3.94. The first-order valence-electron chi connectivity index (χ1n) is 9.14. The molecular formula is C18H37N3O. The van der Waals surface area contributed by atoms with Crippen LogP contribution in [0.5, 0.6) is 0 Å². The van der Waals surface area contributed by atoms with Crippen LogP contribution in [-0.4, -0.2) is 43.4 Å². The van der Waals surface area contributed by atoms with E-state index in [9.17, 15) is 4.79 Å². The monoisotopic (exact) mass is 311 g/mol. The van der Waals surface area contributed by atoms with Gasteiger partial charge in [-0.3, -0.25) is 4.79 Å². The molecule has 1 saturated carbocycles. The molecule has 0 heterocycles. The molecule has 4 N–H and O–H groups in total. The molecule has 0 bridgehead atoms. The maximum atomic E-state index is 12.7. The van der Waals surface area contributed by atoms with Crippen molar-refractivity contribution >= 4 is 5.78 Å². The van der Waals surface area contributed by atoms with Crippen LogP contribution in [0.2, 0.25) is 0 Å². The van der Waals surface area contributed by atoms with Gasteiger partial charge in [-0.15, -0.1) is 0 Å². The normalized spacial score (nSPS) is 25.9. The van der Waals surface area contributed by atoms with Crippen LogP contribution in [0.15, 0.2) is 0 Å². The third kappa shape index (κ3) is 6.35. The van der Waals surface area contributed by atoms with Gasteiger partial charge in [0, 0.05) is 38.5 Å². The second kappa shape index (κ2) is 10.3. The lowest BCUT2D eigenvalue weighted by Crippen LogP contribution is -2.36. The van der Waals surface area contributed by atoms with Crippen molar-refractivity contribution in [3.05, 3.63) is 0 Å². The first-order valence-corrected chi connectivity index (χ1v) is 9.14. The third-order valence-corrected chi connectivity index (χ3v) is 5.22. The fourth-order valence-corrected chi connectivity index (χ4v) is 3.94. The smallest absolute Gasteiger partial charge is 0.136 e. The number of carbonyl (C=O) groups excluding carboxylic acids is 1. The van der Waals surface area contributed by atoms with Gasteiger partial charge < -0.3 is 16.4 Å². The van der Waals surface area contributed by atoms with E-state index in [0.29, 0.717) is 49.0 Å². The average Bonchev–Trinajstić information content (AvgIpc) is 2.47. The van der Waals surface area contributed by atoms with Crippen LogP contribution in [-0.2, 0) is 4.79 Å². The van der Waals surface area contributed by atoms with Crippen LogP contribution in [0.1, 0.15) is 52.9 Å². The average molecular weight is 312 g/mol. The van der Waals surface area contributed by atoms with Crippen LogP contribution < -0.4 is 11.5 Å². The number of ketones is 1.